The number of nitrogens with zero attached hydrogens (tertiary/aromatic N) is 1. The number of carboxylic acids is 1. The summed E-state index contributed by atoms with van der Waals surface area (Å²) in [5, 5.41) is 10.5. The quantitative estimate of drug-likeness (QED) is 0.263. The molecule has 1 saturated heterocycles. The number of hydrogen-bond donors (Lipinski definition) is 0. The third-order valence-electron chi connectivity index (χ3n) is 2.01. The molecule has 0 aromatic heterocycles. The number of piperidine rings is 1. The molecule has 1 unspecified atom stereocenters. The Balaban J connectivity index is 0. The van der Waals surface area contributed by atoms with Gasteiger partial charge in [-0.15, -0.1) is 0 Å². The van der Waals surface area contributed by atoms with Crippen molar-refractivity contribution >= 4 is 35.1 Å². The number of hydrogen-bond acceptors (Lipinski definition) is 4. The molecule has 14 heavy (non-hydrogen) atoms. The summed E-state index contributed by atoms with van der Waals surface area (Å²) < 4.78 is 0.362. The minimum atomic E-state index is -0.994. The average Bonchev–Trinajstić information content (AvgIpc) is 2.04. The van der Waals surface area contributed by atoms with Crippen LogP contribution in [0.2, 0.25) is 0 Å². The van der Waals surface area contributed by atoms with Crippen molar-refractivity contribution in [1.29, 1.82) is 0 Å². The van der Waals surface area contributed by atoms with Crippen LogP contribution in [0.5, 0.6) is 0 Å². The third-order valence-corrected chi connectivity index (χ3v) is 2.53. The second-order valence-corrected chi connectivity index (χ2v) is 3.90. The minimum Gasteiger partial charge on any atom is -0.550 e. The van der Waals surface area contributed by atoms with Gasteiger partial charge in [0, 0.05) is 25.0 Å². The number of carbonyl (C=O) groups excluding carboxylic acids is 1. The van der Waals surface area contributed by atoms with Crippen molar-refractivity contribution < 1.29 is 69.0 Å². The van der Waals surface area contributed by atoms with Gasteiger partial charge in [-0.1, -0.05) is 4.32 Å². The summed E-state index contributed by atoms with van der Waals surface area (Å²) in [4.78, 5) is 12.3. The molecule has 1 heterocycles. The first-order chi connectivity index (χ1) is 5.61. The van der Waals surface area contributed by atoms with E-state index < -0.39 is 11.9 Å². The van der Waals surface area contributed by atoms with Gasteiger partial charge in [0.15, 0.2) is 0 Å². The molecule has 1 fully saturated rings. The minimum absolute atomic E-state index is 0. The maximum atomic E-state index is 10.5. The largest absolute Gasteiger partial charge is 1.00 e. The maximum absolute atomic E-state index is 10.5. The van der Waals surface area contributed by atoms with Crippen molar-refractivity contribution in [3.63, 3.8) is 0 Å². The monoisotopic (exact) mass is 249 g/mol. The van der Waals surface area contributed by atoms with Crippen LogP contribution in [0.3, 0.4) is 0 Å². The van der Waals surface area contributed by atoms with Crippen molar-refractivity contribution in [3.05, 3.63) is 0 Å². The number of thiocarbonyl (C=S) groups is 1. The first kappa shape index (κ1) is 18.0. The zero-order chi connectivity index (χ0) is 9.14. The Morgan fingerprint density at radius 1 is 1.50 bits per heavy atom. The standard InChI is InChI=1S/C7H11NO2S2.2Na/c9-6(10)5-2-1-3-8(4-5)7(11)12;;/h5H,1-4H2,(H,9,10)(H,11,12);;/q;2*+1/p-2. The van der Waals surface area contributed by atoms with Crippen LogP contribution in [0.15, 0.2) is 0 Å². The molecule has 1 aliphatic rings. The fraction of sp³-hybridized carbons (Fsp3) is 0.714. The van der Waals surface area contributed by atoms with E-state index in [2.05, 4.69) is 0 Å². The van der Waals surface area contributed by atoms with E-state index >= 15 is 0 Å². The van der Waals surface area contributed by atoms with Gasteiger partial charge in [0.25, 0.3) is 0 Å². The van der Waals surface area contributed by atoms with E-state index in [1.165, 1.54) is 0 Å². The molecule has 0 aromatic rings. The predicted octanol–water partition coefficient (Wildman–Crippen LogP) is -6.71. The molecule has 0 bridgehead atoms. The van der Waals surface area contributed by atoms with Crippen molar-refractivity contribution in [1.82, 2.24) is 4.90 Å². The van der Waals surface area contributed by atoms with E-state index in [-0.39, 0.29) is 59.1 Å². The van der Waals surface area contributed by atoms with Crippen LogP contribution < -0.4 is 64.2 Å². The fourth-order valence-electron chi connectivity index (χ4n) is 1.34. The fourth-order valence-corrected chi connectivity index (χ4v) is 1.67. The Labute approximate surface area is 139 Å². The summed E-state index contributed by atoms with van der Waals surface area (Å²) in [6.07, 6.45) is 1.51. The molecule has 1 atom stereocenters. The second-order valence-electron chi connectivity index (χ2n) is 2.87. The maximum Gasteiger partial charge on any atom is 1.00 e. The zero-order valence-electron chi connectivity index (χ0n) is 8.49. The van der Waals surface area contributed by atoms with Crippen molar-refractivity contribution in [3.8, 4) is 0 Å². The first-order valence-electron chi connectivity index (χ1n) is 3.78. The normalized spacial score (nSPS) is 20.3. The number of rotatable bonds is 1. The molecular weight excluding hydrogens is 240 g/mol. The Kier molecular flexibility index (Phi) is 11.2. The molecule has 1 rings (SSSR count). The van der Waals surface area contributed by atoms with Gasteiger partial charge in [0.1, 0.15) is 0 Å². The van der Waals surface area contributed by atoms with Gasteiger partial charge in [0.05, 0.1) is 0 Å². The van der Waals surface area contributed by atoms with E-state index in [0.29, 0.717) is 17.3 Å². The van der Waals surface area contributed by atoms with Crippen LogP contribution in [0.25, 0.3) is 0 Å². The van der Waals surface area contributed by atoms with E-state index in [1.807, 2.05) is 0 Å². The van der Waals surface area contributed by atoms with Crippen LogP contribution in [-0.2, 0) is 17.4 Å². The number of carbonyl (C=O) groups is 1. The molecule has 0 radical (unpaired) electrons. The van der Waals surface area contributed by atoms with Crippen LogP contribution in [0, 0.1) is 5.92 Å². The molecule has 0 amide bonds. The molecule has 0 N–H and O–H groups in total. The van der Waals surface area contributed by atoms with Gasteiger partial charge in [-0.25, -0.2) is 0 Å². The molecule has 0 aliphatic carbocycles. The molecule has 7 heteroatoms. The van der Waals surface area contributed by atoms with E-state index in [9.17, 15) is 9.90 Å². The van der Waals surface area contributed by atoms with E-state index in [1.54, 1.807) is 4.90 Å². The van der Waals surface area contributed by atoms with Crippen LogP contribution in [-0.4, -0.2) is 28.3 Å². The number of aliphatic carboxylic acids is 1. The predicted molar refractivity (Wildman–Crippen MR) is 49.3 cm³/mol. The molecule has 0 aromatic carbocycles. The van der Waals surface area contributed by atoms with Gasteiger partial charge < -0.3 is 39.6 Å². The van der Waals surface area contributed by atoms with Gasteiger partial charge in [-0.2, -0.15) is 0 Å². The Bertz CT molecular complexity index is 196. The summed E-state index contributed by atoms with van der Waals surface area (Å²) in [7, 11) is 0. The SMILES string of the molecule is O=C([O-])C1CCCN(C(=S)[S-])C1.[Na+].[Na+]. The summed E-state index contributed by atoms with van der Waals surface area (Å²) in [5.41, 5.74) is 0. The molecule has 0 saturated carbocycles. The van der Waals surface area contributed by atoms with Gasteiger partial charge in [0.2, 0.25) is 0 Å². The van der Waals surface area contributed by atoms with Crippen molar-refractivity contribution in [2.45, 2.75) is 12.8 Å². The molecule has 3 nitrogen and oxygen atoms in total. The second kappa shape index (κ2) is 8.70. The number of likely N-dealkylation sites (tertiary alicyclic amines) is 1. The molecule has 68 valence electrons. The third kappa shape index (κ3) is 5.61. The zero-order valence-corrected chi connectivity index (χ0v) is 14.1. The van der Waals surface area contributed by atoms with E-state index in [4.69, 9.17) is 24.8 Å². The molecular formula is C7H9NNa2O2S2. The van der Waals surface area contributed by atoms with Gasteiger partial charge >= 0.3 is 59.1 Å². The molecule has 0 spiro atoms. The van der Waals surface area contributed by atoms with Crippen LogP contribution in [0.4, 0.5) is 0 Å². The topological polar surface area (TPSA) is 43.4 Å². The van der Waals surface area contributed by atoms with Crippen LogP contribution in [0.1, 0.15) is 12.8 Å². The summed E-state index contributed by atoms with van der Waals surface area (Å²) in [6.45, 7) is 1.21. The number of carboxylic acid groups (broad SMARTS) is 1. The Morgan fingerprint density at radius 2 is 2.07 bits per heavy atom. The summed E-state index contributed by atoms with van der Waals surface area (Å²) >= 11 is 9.56. The van der Waals surface area contributed by atoms with E-state index in [0.717, 1.165) is 13.0 Å². The van der Waals surface area contributed by atoms with Crippen molar-refractivity contribution in [2.24, 2.45) is 5.92 Å². The summed E-state index contributed by atoms with van der Waals surface area (Å²) in [6, 6.07) is 0. The van der Waals surface area contributed by atoms with Crippen LogP contribution >= 0.6 is 12.2 Å². The first-order valence-corrected chi connectivity index (χ1v) is 4.59. The van der Waals surface area contributed by atoms with Gasteiger partial charge in [-0.3, -0.25) is 0 Å². The Morgan fingerprint density at radius 3 is 2.50 bits per heavy atom. The summed E-state index contributed by atoms with van der Waals surface area (Å²) in [5.74, 6) is -1.40. The van der Waals surface area contributed by atoms with Crippen molar-refractivity contribution in [2.75, 3.05) is 13.1 Å². The van der Waals surface area contributed by atoms with Gasteiger partial charge in [-0.05, 0) is 12.8 Å². The smallest absolute Gasteiger partial charge is 0.550 e. The average molecular weight is 249 g/mol. The molecule has 1 aliphatic heterocycles. The Hall–Kier alpha value is 1.58.